The van der Waals surface area contributed by atoms with E-state index in [2.05, 4.69) is 20.5 Å². The standard InChI is InChI=1S/C23H25ClN6OS/c24-20-8-6-19(7-9-20)22-27-30(23(32)29(22)16-21-5-2-13-31-21)17-28(12-3-10-25)15-18-4-1-11-26-14-18/h1,4,6-9,11,14,21H,2-3,5,12-13,15-17H2. The van der Waals surface area contributed by atoms with Crippen molar-refractivity contribution in [2.75, 3.05) is 13.2 Å². The summed E-state index contributed by atoms with van der Waals surface area (Å²) in [5.74, 6) is 0.795. The van der Waals surface area contributed by atoms with Gasteiger partial charge in [0, 0.05) is 49.1 Å². The summed E-state index contributed by atoms with van der Waals surface area (Å²) in [7, 11) is 0. The third kappa shape index (κ3) is 5.61. The van der Waals surface area contributed by atoms with Crippen LogP contribution in [0.25, 0.3) is 11.4 Å². The van der Waals surface area contributed by atoms with E-state index >= 15 is 0 Å². The highest BCUT2D eigenvalue weighted by molar-refractivity contribution is 7.71. The number of aromatic nitrogens is 4. The summed E-state index contributed by atoms with van der Waals surface area (Å²) in [5.41, 5.74) is 2.03. The second kappa shape index (κ2) is 10.8. The highest BCUT2D eigenvalue weighted by Gasteiger charge is 2.21. The van der Waals surface area contributed by atoms with Gasteiger partial charge in [0.1, 0.15) is 0 Å². The number of nitrogens with zero attached hydrogens (tertiary/aromatic N) is 6. The quantitative estimate of drug-likeness (QED) is 0.424. The number of hydrogen-bond donors (Lipinski definition) is 0. The molecule has 1 atom stereocenters. The lowest BCUT2D eigenvalue weighted by Crippen LogP contribution is -2.28. The van der Waals surface area contributed by atoms with Crippen molar-refractivity contribution >= 4 is 23.8 Å². The van der Waals surface area contributed by atoms with Crippen LogP contribution in [0, 0.1) is 16.1 Å². The molecule has 9 heteroatoms. The van der Waals surface area contributed by atoms with Gasteiger partial charge in [-0.25, -0.2) is 4.68 Å². The van der Waals surface area contributed by atoms with Crippen LogP contribution in [0.3, 0.4) is 0 Å². The second-order valence-corrected chi connectivity index (χ2v) is 8.62. The lowest BCUT2D eigenvalue weighted by Gasteiger charge is -2.20. The largest absolute Gasteiger partial charge is 0.376 e. The summed E-state index contributed by atoms with van der Waals surface area (Å²) in [5, 5.41) is 14.7. The molecule has 0 radical (unpaired) electrons. The Hall–Kier alpha value is -2.57. The van der Waals surface area contributed by atoms with E-state index in [9.17, 15) is 0 Å². The number of ether oxygens (including phenoxy) is 1. The first-order chi connectivity index (χ1) is 15.6. The van der Waals surface area contributed by atoms with Crippen LogP contribution in [-0.4, -0.2) is 43.5 Å². The molecule has 2 aromatic heterocycles. The molecule has 0 spiro atoms. The Labute approximate surface area is 197 Å². The summed E-state index contributed by atoms with van der Waals surface area (Å²) in [6.07, 6.45) is 6.24. The zero-order chi connectivity index (χ0) is 22.3. The number of benzene rings is 1. The van der Waals surface area contributed by atoms with Crippen LogP contribution in [0.15, 0.2) is 48.8 Å². The van der Waals surface area contributed by atoms with Crippen molar-refractivity contribution in [2.24, 2.45) is 0 Å². The summed E-state index contributed by atoms with van der Waals surface area (Å²) in [6, 6.07) is 13.8. The van der Waals surface area contributed by atoms with Crippen LogP contribution >= 0.6 is 23.8 Å². The molecule has 1 saturated heterocycles. The fourth-order valence-electron chi connectivity index (χ4n) is 3.85. The van der Waals surface area contributed by atoms with Crippen LogP contribution in [0.1, 0.15) is 24.8 Å². The van der Waals surface area contributed by atoms with E-state index < -0.39 is 0 Å². The minimum atomic E-state index is 0.135. The van der Waals surface area contributed by atoms with Crippen LogP contribution in [0.4, 0.5) is 0 Å². The van der Waals surface area contributed by atoms with Gasteiger partial charge in [0.2, 0.25) is 0 Å². The lowest BCUT2D eigenvalue weighted by molar-refractivity contribution is 0.0966. The number of rotatable bonds is 9. The molecular formula is C23H25ClN6OS. The predicted molar refractivity (Wildman–Crippen MR) is 125 cm³/mol. The molecule has 0 aliphatic carbocycles. The normalized spacial score (nSPS) is 15.8. The van der Waals surface area contributed by atoms with Crippen LogP contribution in [0.5, 0.6) is 0 Å². The molecule has 7 nitrogen and oxygen atoms in total. The SMILES string of the molecule is N#CCCN(Cc1cccnc1)Cn1nc(-c2ccc(Cl)cc2)n(CC2CCCO2)c1=S. The van der Waals surface area contributed by atoms with Gasteiger partial charge >= 0.3 is 0 Å². The number of nitriles is 1. The summed E-state index contributed by atoms with van der Waals surface area (Å²) in [6.45, 7) is 3.20. The molecule has 0 N–H and O–H groups in total. The minimum absolute atomic E-state index is 0.135. The van der Waals surface area contributed by atoms with Gasteiger partial charge in [0.05, 0.1) is 25.4 Å². The molecule has 1 aliphatic heterocycles. The molecule has 1 fully saturated rings. The van der Waals surface area contributed by atoms with Gasteiger partial charge in [-0.2, -0.15) is 10.4 Å². The molecule has 32 heavy (non-hydrogen) atoms. The Morgan fingerprint density at radius 2 is 2.12 bits per heavy atom. The average Bonchev–Trinajstić information content (AvgIpc) is 3.43. The van der Waals surface area contributed by atoms with E-state index in [-0.39, 0.29) is 6.10 Å². The van der Waals surface area contributed by atoms with E-state index in [1.807, 2.05) is 47.3 Å². The first-order valence-corrected chi connectivity index (χ1v) is 11.5. The maximum absolute atomic E-state index is 9.12. The molecule has 1 unspecified atom stereocenters. The molecule has 3 heterocycles. The first kappa shape index (κ1) is 22.6. The fourth-order valence-corrected chi connectivity index (χ4v) is 4.23. The van der Waals surface area contributed by atoms with Crippen molar-refractivity contribution in [1.82, 2.24) is 24.2 Å². The van der Waals surface area contributed by atoms with Crippen molar-refractivity contribution in [3.8, 4) is 17.5 Å². The van der Waals surface area contributed by atoms with Gasteiger partial charge in [-0.1, -0.05) is 17.7 Å². The summed E-state index contributed by atoms with van der Waals surface area (Å²) < 4.78 is 10.4. The predicted octanol–water partition coefficient (Wildman–Crippen LogP) is 4.68. The third-order valence-corrected chi connectivity index (χ3v) is 6.12. The number of pyridine rings is 1. The van der Waals surface area contributed by atoms with E-state index in [1.54, 1.807) is 6.20 Å². The Morgan fingerprint density at radius 3 is 2.81 bits per heavy atom. The summed E-state index contributed by atoms with van der Waals surface area (Å²) in [4.78, 5) is 6.36. The van der Waals surface area contributed by atoms with Crippen molar-refractivity contribution in [2.45, 2.75) is 45.1 Å². The van der Waals surface area contributed by atoms with Gasteiger partial charge in [-0.15, -0.1) is 0 Å². The minimum Gasteiger partial charge on any atom is -0.376 e. The maximum atomic E-state index is 9.12. The molecule has 0 bridgehead atoms. The van der Waals surface area contributed by atoms with Crippen LogP contribution < -0.4 is 0 Å². The Kier molecular flexibility index (Phi) is 7.66. The van der Waals surface area contributed by atoms with Crippen molar-refractivity contribution in [3.05, 3.63) is 64.1 Å². The number of hydrogen-bond acceptors (Lipinski definition) is 6. The van der Waals surface area contributed by atoms with Crippen LogP contribution in [-0.2, 0) is 24.5 Å². The lowest BCUT2D eigenvalue weighted by atomic mass is 10.2. The molecule has 1 aromatic carbocycles. The molecule has 4 rings (SSSR count). The molecule has 3 aromatic rings. The molecule has 166 valence electrons. The monoisotopic (exact) mass is 468 g/mol. The number of halogens is 1. The van der Waals surface area contributed by atoms with Crippen molar-refractivity contribution in [1.29, 1.82) is 5.26 Å². The zero-order valence-corrected chi connectivity index (χ0v) is 19.3. The van der Waals surface area contributed by atoms with Gasteiger partial charge in [0.15, 0.2) is 10.6 Å². The van der Waals surface area contributed by atoms with E-state index in [4.69, 9.17) is 38.9 Å². The Morgan fingerprint density at radius 1 is 1.28 bits per heavy atom. The molecule has 1 aliphatic rings. The highest BCUT2D eigenvalue weighted by atomic mass is 35.5. The fraction of sp³-hybridized carbons (Fsp3) is 0.391. The van der Waals surface area contributed by atoms with Gasteiger partial charge in [-0.3, -0.25) is 14.5 Å². The van der Waals surface area contributed by atoms with Gasteiger partial charge in [-0.05, 0) is 61.0 Å². The topological polar surface area (TPSA) is 71.9 Å². The maximum Gasteiger partial charge on any atom is 0.199 e. The van der Waals surface area contributed by atoms with Crippen LogP contribution in [0.2, 0.25) is 5.02 Å². The summed E-state index contributed by atoms with van der Waals surface area (Å²) >= 11 is 11.9. The average molecular weight is 469 g/mol. The molecular weight excluding hydrogens is 444 g/mol. The third-order valence-electron chi connectivity index (χ3n) is 5.44. The van der Waals surface area contributed by atoms with Gasteiger partial charge in [0.25, 0.3) is 0 Å². The highest BCUT2D eigenvalue weighted by Crippen LogP contribution is 2.24. The van der Waals surface area contributed by atoms with E-state index in [0.29, 0.717) is 42.5 Å². The van der Waals surface area contributed by atoms with E-state index in [0.717, 1.165) is 36.4 Å². The Bertz CT molecular complexity index is 1120. The van der Waals surface area contributed by atoms with Gasteiger partial charge < -0.3 is 4.74 Å². The first-order valence-electron chi connectivity index (χ1n) is 10.7. The smallest absolute Gasteiger partial charge is 0.199 e. The second-order valence-electron chi connectivity index (χ2n) is 7.82. The Balaban J connectivity index is 1.64. The van der Waals surface area contributed by atoms with E-state index in [1.165, 1.54) is 0 Å². The van der Waals surface area contributed by atoms with Crippen molar-refractivity contribution in [3.63, 3.8) is 0 Å². The molecule has 0 saturated carbocycles. The zero-order valence-electron chi connectivity index (χ0n) is 17.7. The molecule has 0 amide bonds. The van der Waals surface area contributed by atoms with Crippen molar-refractivity contribution < 1.29 is 4.74 Å².